The van der Waals surface area contributed by atoms with Crippen LogP contribution in [-0.2, 0) is 11.0 Å². The molecule has 2 atom stereocenters. The molecule has 5 nitrogen and oxygen atoms in total. The van der Waals surface area contributed by atoms with E-state index in [-0.39, 0.29) is 17.5 Å². The van der Waals surface area contributed by atoms with Gasteiger partial charge in [-0.15, -0.1) is 0 Å². The maximum atomic E-state index is 12.9. The van der Waals surface area contributed by atoms with Gasteiger partial charge < -0.3 is 9.64 Å². The number of aromatic nitrogens is 1. The van der Waals surface area contributed by atoms with Crippen molar-refractivity contribution in [3.63, 3.8) is 0 Å². The van der Waals surface area contributed by atoms with E-state index in [0.717, 1.165) is 44.5 Å². The lowest BCUT2D eigenvalue weighted by Gasteiger charge is -2.24. The Morgan fingerprint density at radius 2 is 2.07 bits per heavy atom. The fourth-order valence-corrected chi connectivity index (χ4v) is 4.20. The molecule has 156 valence electrons. The van der Waals surface area contributed by atoms with E-state index in [2.05, 4.69) is 16.8 Å². The van der Waals surface area contributed by atoms with E-state index in [1.807, 2.05) is 4.90 Å². The summed E-state index contributed by atoms with van der Waals surface area (Å²) < 4.78 is 44.9. The van der Waals surface area contributed by atoms with Crippen LogP contribution in [-0.4, -0.2) is 59.0 Å². The first-order chi connectivity index (χ1) is 13.8. The second-order valence-corrected chi connectivity index (χ2v) is 7.88. The number of alkyl halides is 3. The van der Waals surface area contributed by atoms with Crippen LogP contribution < -0.4 is 4.74 Å². The minimum absolute atomic E-state index is 0.105. The molecule has 2 fully saturated rings. The Balaban J connectivity index is 1.41. The highest BCUT2D eigenvalue weighted by Gasteiger charge is 2.32. The number of rotatable bonds is 4. The van der Waals surface area contributed by atoms with Gasteiger partial charge in [0.25, 0.3) is 0 Å². The maximum absolute atomic E-state index is 12.9. The van der Waals surface area contributed by atoms with Crippen molar-refractivity contribution in [2.45, 2.75) is 44.5 Å². The Labute approximate surface area is 167 Å². The van der Waals surface area contributed by atoms with Gasteiger partial charge in [0.1, 0.15) is 11.9 Å². The van der Waals surface area contributed by atoms with Crippen molar-refractivity contribution in [3.05, 3.63) is 36.0 Å². The number of benzene rings is 1. The van der Waals surface area contributed by atoms with Crippen molar-refractivity contribution < 1.29 is 22.7 Å². The number of hydrogen-bond acceptors (Lipinski definition) is 4. The zero-order valence-corrected chi connectivity index (χ0v) is 16.3. The second kappa shape index (κ2) is 7.82. The van der Waals surface area contributed by atoms with E-state index in [1.54, 1.807) is 6.07 Å². The molecule has 0 aliphatic carbocycles. The van der Waals surface area contributed by atoms with Gasteiger partial charge in [-0.3, -0.25) is 14.7 Å². The van der Waals surface area contributed by atoms with E-state index >= 15 is 0 Å². The number of likely N-dealkylation sites (tertiary alicyclic amines) is 2. The van der Waals surface area contributed by atoms with E-state index in [4.69, 9.17) is 4.74 Å². The SMILES string of the molecule is C[C@@H]1CCCN1C(=O)CN1CC[C@H](Oc2ccnc3cc(C(F)(F)F)ccc23)C1. The zero-order valence-electron chi connectivity index (χ0n) is 16.3. The van der Waals surface area contributed by atoms with Gasteiger partial charge in [-0.25, -0.2) is 0 Å². The molecule has 1 aromatic carbocycles. The molecule has 0 saturated carbocycles. The smallest absolute Gasteiger partial charge is 0.416 e. The van der Waals surface area contributed by atoms with Crippen molar-refractivity contribution in [3.8, 4) is 5.75 Å². The third-order valence-electron chi connectivity index (χ3n) is 5.79. The number of carbonyl (C=O) groups is 1. The Kier molecular flexibility index (Phi) is 5.38. The lowest BCUT2D eigenvalue weighted by molar-refractivity contribution is -0.137. The summed E-state index contributed by atoms with van der Waals surface area (Å²) in [5.74, 6) is 0.680. The lowest BCUT2D eigenvalue weighted by atomic mass is 10.1. The van der Waals surface area contributed by atoms with Gasteiger partial charge >= 0.3 is 6.18 Å². The number of pyridine rings is 1. The molecule has 2 aliphatic rings. The number of fused-ring (bicyclic) bond motifs is 1. The van der Waals surface area contributed by atoms with Crippen molar-refractivity contribution in [1.29, 1.82) is 0 Å². The predicted octanol–water partition coefficient (Wildman–Crippen LogP) is 3.72. The molecule has 0 N–H and O–H groups in total. The summed E-state index contributed by atoms with van der Waals surface area (Å²) in [6.45, 7) is 4.69. The highest BCUT2D eigenvalue weighted by Crippen LogP contribution is 2.34. The van der Waals surface area contributed by atoms with Gasteiger partial charge in [0.05, 0.1) is 17.6 Å². The van der Waals surface area contributed by atoms with Crippen LogP contribution in [0.4, 0.5) is 13.2 Å². The highest BCUT2D eigenvalue weighted by atomic mass is 19.4. The van der Waals surface area contributed by atoms with E-state index < -0.39 is 11.7 Å². The van der Waals surface area contributed by atoms with Crippen molar-refractivity contribution in [2.75, 3.05) is 26.2 Å². The molecule has 0 spiro atoms. The number of hydrogen-bond donors (Lipinski definition) is 0. The van der Waals surface area contributed by atoms with Gasteiger partial charge in [-0.2, -0.15) is 13.2 Å². The summed E-state index contributed by atoms with van der Waals surface area (Å²) in [5.41, 5.74) is -0.471. The van der Waals surface area contributed by atoms with E-state index in [9.17, 15) is 18.0 Å². The number of nitrogens with zero attached hydrogens (tertiary/aromatic N) is 3. The second-order valence-electron chi connectivity index (χ2n) is 7.88. The molecular weight excluding hydrogens is 383 g/mol. The van der Waals surface area contributed by atoms with Gasteiger partial charge in [0.2, 0.25) is 5.91 Å². The number of halogens is 3. The molecular formula is C21H24F3N3O2. The number of carbonyl (C=O) groups excluding carboxylic acids is 1. The summed E-state index contributed by atoms with van der Waals surface area (Å²) in [6, 6.07) is 5.48. The van der Waals surface area contributed by atoms with Crippen LogP contribution in [0.15, 0.2) is 30.5 Å². The third-order valence-corrected chi connectivity index (χ3v) is 5.79. The summed E-state index contributed by atoms with van der Waals surface area (Å²) in [7, 11) is 0. The number of amides is 1. The van der Waals surface area contributed by atoms with Gasteiger partial charge in [0, 0.05) is 37.3 Å². The minimum Gasteiger partial charge on any atom is -0.488 e. The summed E-state index contributed by atoms with van der Waals surface area (Å²) >= 11 is 0. The third kappa shape index (κ3) is 4.32. The largest absolute Gasteiger partial charge is 0.488 e. The topological polar surface area (TPSA) is 45.7 Å². The number of ether oxygens (including phenoxy) is 1. The van der Waals surface area contributed by atoms with Crippen LogP contribution in [0.3, 0.4) is 0 Å². The first-order valence-corrected chi connectivity index (χ1v) is 9.96. The van der Waals surface area contributed by atoms with Crippen LogP contribution in [0.2, 0.25) is 0 Å². The van der Waals surface area contributed by atoms with Crippen molar-refractivity contribution in [1.82, 2.24) is 14.8 Å². The van der Waals surface area contributed by atoms with Crippen LogP contribution in [0.1, 0.15) is 31.7 Å². The molecule has 3 heterocycles. The molecule has 0 radical (unpaired) electrons. The van der Waals surface area contributed by atoms with Crippen molar-refractivity contribution >= 4 is 16.8 Å². The highest BCUT2D eigenvalue weighted by molar-refractivity contribution is 5.85. The van der Waals surface area contributed by atoms with E-state index in [1.165, 1.54) is 12.3 Å². The monoisotopic (exact) mass is 407 g/mol. The van der Waals surface area contributed by atoms with Crippen LogP contribution in [0.5, 0.6) is 5.75 Å². The quantitative estimate of drug-likeness (QED) is 0.775. The van der Waals surface area contributed by atoms with Gasteiger partial charge in [-0.1, -0.05) is 0 Å². The summed E-state index contributed by atoms with van der Waals surface area (Å²) in [6.07, 6.45) is -0.160. The average Bonchev–Trinajstić information content (AvgIpc) is 3.29. The van der Waals surface area contributed by atoms with Gasteiger partial charge in [0.15, 0.2) is 0 Å². The first-order valence-electron chi connectivity index (χ1n) is 9.96. The van der Waals surface area contributed by atoms with Crippen LogP contribution in [0, 0.1) is 0 Å². The predicted molar refractivity (Wildman–Crippen MR) is 103 cm³/mol. The molecule has 0 bridgehead atoms. The molecule has 4 rings (SSSR count). The van der Waals surface area contributed by atoms with Gasteiger partial charge in [-0.05, 0) is 50.5 Å². The lowest BCUT2D eigenvalue weighted by Crippen LogP contribution is -2.41. The Morgan fingerprint density at radius 3 is 2.79 bits per heavy atom. The first kappa shape index (κ1) is 19.9. The Morgan fingerprint density at radius 1 is 1.24 bits per heavy atom. The normalized spacial score (nSPS) is 23.1. The molecule has 2 saturated heterocycles. The van der Waals surface area contributed by atoms with Crippen molar-refractivity contribution in [2.24, 2.45) is 0 Å². The zero-order chi connectivity index (χ0) is 20.6. The molecule has 1 amide bonds. The summed E-state index contributed by atoms with van der Waals surface area (Å²) in [4.78, 5) is 20.6. The molecule has 2 aromatic rings. The fraction of sp³-hybridized carbons (Fsp3) is 0.524. The Hall–Kier alpha value is -2.35. The molecule has 0 unspecified atom stereocenters. The fourth-order valence-electron chi connectivity index (χ4n) is 4.20. The van der Waals surface area contributed by atoms with Crippen LogP contribution >= 0.6 is 0 Å². The van der Waals surface area contributed by atoms with E-state index in [0.29, 0.717) is 30.3 Å². The minimum atomic E-state index is -4.40. The van der Waals surface area contributed by atoms with Crippen LogP contribution in [0.25, 0.3) is 10.9 Å². The molecule has 2 aliphatic heterocycles. The maximum Gasteiger partial charge on any atom is 0.416 e. The summed E-state index contributed by atoms with van der Waals surface area (Å²) in [5, 5.41) is 0.556. The molecule has 29 heavy (non-hydrogen) atoms. The molecule has 1 aromatic heterocycles. The standard InChI is InChI=1S/C21H24F3N3O2/c1-14-3-2-9-27(14)20(28)13-26-10-7-16(12-26)29-19-6-8-25-18-11-15(21(22,23)24)4-5-17(18)19/h4-6,8,11,14,16H,2-3,7,9-10,12-13H2,1H3/t14-,16+/m1/s1. The Bertz CT molecular complexity index is 902. The molecule has 8 heteroatoms. The average molecular weight is 407 g/mol.